The van der Waals surface area contributed by atoms with Crippen molar-refractivity contribution in [2.24, 2.45) is 5.10 Å². The van der Waals surface area contributed by atoms with Gasteiger partial charge in [-0.3, -0.25) is 9.39 Å². The van der Waals surface area contributed by atoms with E-state index in [1.165, 1.54) is 12.1 Å². The third-order valence-electron chi connectivity index (χ3n) is 3.86. The van der Waals surface area contributed by atoms with Crippen LogP contribution in [0.5, 0.6) is 0 Å². The van der Waals surface area contributed by atoms with Crippen molar-refractivity contribution in [1.82, 2.24) is 20.4 Å². The van der Waals surface area contributed by atoms with Crippen molar-refractivity contribution in [3.05, 3.63) is 54.6 Å². The molecule has 0 bridgehead atoms. The SMILES string of the molecule is CS(=O)(=O)O.Nc1cc(-c2cn(C3=NNOCC3)nc2-c2ccc(F)cc2)ccn1. The van der Waals surface area contributed by atoms with Crippen LogP contribution in [0.25, 0.3) is 22.4 Å². The van der Waals surface area contributed by atoms with E-state index in [9.17, 15) is 12.8 Å². The van der Waals surface area contributed by atoms with E-state index in [1.54, 1.807) is 29.1 Å². The minimum absolute atomic E-state index is 0.295. The standard InChI is InChI=1S/C17H15FN6O.CH4O3S/c18-13-3-1-11(2-4-13)17-14(12-5-7-20-15(19)9-12)10-24(22-17)16-6-8-25-23-21-16;1-5(2,3)4/h1-5,7,9-10,23H,6,8H2,(H2,19,20);1H3,(H,2,3,4). The van der Waals surface area contributed by atoms with Crippen LogP contribution in [0.1, 0.15) is 6.42 Å². The van der Waals surface area contributed by atoms with E-state index in [1.807, 2.05) is 12.3 Å². The molecule has 0 fully saturated rings. The second kappa shape index (κ2) is 8.98. The first kappa shape index (κ1) is 21.4. The van der Waals surface area contributed by atoms with Gasteiger partial charge in [0, 0.05) is 29.9 Å². The summed E-state index contributed by atoms with van der Waals surface area (Å²) >= 11 is 0. The molecule has 0 radical (unpaired) electrons. The van der Waals surface area contributed by atoms with Crippen molar-refractivity contribution in [3.8, 4) is 22.4 Å². The molecule has 0 spiro atoms. The Balaban J connectivity index is 0.000000461. The van der Waals surface area contributed by atoms with Crippen LogP contribution in [0.2, 0.25) is 0 Å². The van der Waals surface area contributed by atoms with E-state index >= 15 is 0 Å². The summed E-state index contributed by atoms with van der Waals surface area (Å²) < 4.78 is 40.8. The summed E-state index contributed by atoms with van der Waals surface area (Å²) in [6, 6.07) is 9.84. The second-order valence-electron chi connectivity index (χ2n) is 6.26. The minimum Gasteiger partial charge on any atom is -0.384 e. The van der Waals surface area contributed by atoms with Gasteiger partial charge in [-0.2, -0.15) is 19.1 Å². The van der Waals surface area contributed by atoms with Gasteiger partial charge in [-0.05, 0) is 42.0 Å². The molecule has 0 atom stereocenters. The summed E-state index contributed by atoms with van der Waals surface area (Å²) in [5.74, 6) is 0.846. The highest BCUT2D eigenvalue weighted by Gasteiger charge is 2.17. The lowest BCUT2D eigenvalue weighted by atomic mass is 10.0. The third kappa shape index (κ3) is 5.83. The first-order valence-electron chi connectivity index (χ1n) is 8.64. The zero-order valence-corrected chi connectivity index (χ0v) is 16.7. The molecule has 158 valence electrons. The molecule has 10 nitrogen and oxygen atoms in total. The smallest absolute Gasteiger partial charge is 0.261 e. The average Bonchev–Trinajstić information content (AvgIpc) is 3.13. The number of nitrogens with two attached hydrogens (primary N) is 1. The van der Waals surface area contributed by atoms with Crippen LogP contribution < -0.4 is 11.3 Å². The number of nitrogens with zero attached hydrogens (tertiary/aromatic N) is 4. The zero-order chi connectivity index (χ0) is 21.7. The Labute approximate surface area is 171 Å². The predicted octanol–water partition coefficient (Wildman–Crippen LogP) is 1.92. The van der Waals surface area contributed by atoms with Crippen LogP contribution in [0.4, 0.5) is 10.2 Å². The largest absolute Gasteiger partial charge is 0.384 e. The summed E-state index contributed by atoms with van der Waals surface area (Å²) in [5, 5.41) is 8.77. The van der Waals surface area contributed by atoms with Crippen molar-refractivity contribution in [2.75, 3.05) is 18.6 Å². The third-order valence-corrected chi connectivity index (χ3v) is 3.86. The van der Waals surface area contributed by atoms with Gasteiger partial charge in [0.05, 0.1) is 12.9 Å². The molecule has 0 unspecified atom stereocenters. The molecule has 0 amide bonds. The number of halogens is 1. The van der Waals surface area contributed by atoms with Gasteiger partial charge >= 0.3 is 0 Å². The molecule has 30 heavy (non-hydrogen) atoms. The number of hydrazone groups is 1. The summed E-state index contributed by atoms with van der Waals surface area (Å²) in [7, 11) is -3.67. The van der Waals surface area contributed by atoms with Crippen molar-refractivity contribution >= 4 is 21.8 Å². The van der Waals surface area contributed by atoms with Gasteiger partial charge in [-0.15, -0.1) is 5.10 Å². The molecule has 3 aromatic rings. The van der Waals surface area contributed by atoms with Crippen molar-refractivity contribution in [3.63, 3.8) is 0 Å². The zero-order valence-electron chi connectivity index (χ0n) is 15.9. The Morgan fingerprint density at radius 3 is 2.53 bits per heavy atom. The molecule has 1 aliphatic rings. The molecule has 0 saturated carbocycles. The Kier molecular flexibility index (Phi) is 6.40. The fourth-order valence-corrected chi connectivity index (χ4v) is 2.65. The van der Waals surface area contributed by atoms with Crippen LogP contribution in [-0.2, 0) is 15.0 Å². The molecule has 1 aromatic carbocycles. The van der Waals surface area contributed by atoms with Gasteiger partial charge in [0.2, 0.25) is 0 Å². The first-order valence-corrected chi connectivity index (χ1v) is 10.5. The summed E-state index contributed by atoms with van der Waals surface area (Å²) in [4.78, 5) is 9.04. The molecular weight excluding hydrogens is 415 g/mol. The molecular formula is C18H19FN6O4S. The molecule has 0 aliphatic carbocycles. The predicted molar refractivity (Wildman–Crippen MR) is 109 cm³/mol. The van der Waals surface area contributed by atoms with Gasteiger partial charge in [0.1, 0.15) is 17.3 Å². The van der Waals surface area contributed by atoms with Crippen LogP contribution in [0.3, 0.4) is 0 Å². The highest BCUT2D eigenvalue weighted by atomic mass is 32.2. The number of aromatic nitrogens is 3. The summed E-state index contributed by atoms with van der Waals surface area (Å²) in [6.45, 7) is 0.502. The highest BCUT2D eigenvalue weighted by Crippen LogP contribution is 2.31. The lowest BCUT2D eigenvalue weighted by Crippen LogP contribution is -2.26. The van der Waals surface area contributed by atoms with Gasteiger partial charge in [0.25, 0.3) is 10.1 Å². The molecule has 4 rings (SSSR count). The number of benzene rings is 1. The summed E-state index contributed by atoms with van der Waals surface area (Å²) in [6.07, 6.45) is 4.85. The van der Waals surface area contributed by atoms with Crippen LogP contribution in [0.15, 0.2) is 53.9 Å². The number of anilines is 1. The van der Waals surface area contributed by atoms with E-state index in [0.29, 0.717) is 30.8 Å². The maximum absolute atomic E-state index is 13.3. The van der Waals surface area contributed by atoms with Gasteiger partial charge in [0.15, 0.2) is 5.84 Å². The number of nitrogen functional groups attached to an aromatic ring is 1. The Morgan fingerprint density at radius 2 is 1.93 bits per heavy atom. The van der Waals surface area contributed by atoms with E-state index in [0.717, 1.165) is 22.5 Å². The van der Waals surface area contributed by atoms with Gasteiger partial charge < -0.3 is 5.73 Å². The first-order chi connectivity index (χ1) is 14.2. The molecule has 0 saturated heterocycles. The second-order valence-corrected chi connectivity index (χ2v) is 7.73. The van der Waals surface area contributed by atoms with Gasteiger partial charge in [-0.1, -0.05) is 0 Å². The Morgan fingerprint density at radius 1 is 1.23 bits per heavy atom. The molecule has 12 heteroatoms. The average molecular weight is 434 g/mol. The lowest BCUT2D eigenvalue weighted by Gasteiger charge is -2.12. The van der Waals surface area contributed by atoms with E-state index in [2.05, 4.69) is 20.8 Å². The Bertz CT molecular complexity index is 1150. The number of hydrogen-bond acceptors (Lipinski definition) is 8. The maximum atomic E-state index is 13.3. The maximum Gasteiger partial charge on any atom is 0.261 e. The van der Waals surface area contributed by atoms with Crippen LogP contribution in [0, 0.1) is 5.82 Å². The van der Waals surface area contributed by atoms with Crippen LogP contribution in [-0.4, -0.2) is 46.4 Å². The van der Waals surface area contributed by atoms with E-state index in [4.69, 9.17) is 15.1 Å². The monoisotopic (exact) mass is 434 g/mol. The fourth-order valence-electron chi connectivity index (χ4n) is 2.65. The van der Waals surface area contributed by atoms with Crippen molar-refractivity contribution in [2.45, 2.75) is 6.42 Å². The molecule has 1 aliphatic heterocycles. The number of pyridine rings is 1. The quantitative estimate of drug-likeness (QED) is 0.519. The van der Waals surface area contributed by atoms with Crippen molar-refractivity contribution in [1.29, 1.82) is 0 Å². The summed E-state index contributed by atoms with van der Waals surface area (Å²) in [5.41, 5.74) is 11.6. The fraction of sp³-hybridized carbons (Fsp3) is 0.167. The van der Waals surface area contributed by atoms with Gasteiger partial charge in [-0.25, -0.2) is 14.1 Å². The number of hydrogen-bond donors (Lipinski definition) is 3. The number of rotatable bonds is 2. The molecule has 3 heterocycles. The lowest BCUT2D eigenvalue weighted by molar-refractivity contribution is 0.0375. The van der Waals surface area contributed by atoms with Crippen molar-refractivity contribution < 1.29 is 22.2 Å². The highest BCUT2D eigenvalue weighted by molar-refractivity contribution is 7.85. The minimum atomic E-state index is -3.67. The topological polar surface area (TPSA) is 145 Å². The molecule has 4 N–H and O–H groups in total. The van der Waals surface area contributed by atoms with E-state index < -0.39 is 10.1 Å². The van der Waals surface area contributed by atoms with Crippen LogP contribution >= 0.6 is 0 Å². The number of nitrogens with one attached hydrogen (secondary N) is 1. The normalized spacial score (nSPS) is 13.6. The molecule has 2 aromatic heterocycles. The Hall–Kier alpha value is -3.35. The van der Waals surface area contributed by atoms with E-state index in [-0.39, 0.29) is 5.82 Å².